The van der Waals surface area contributed by atoms with Gasteiger partial charge in [-0.05, 0) is 12.8 Å². The molecule has 1 aromatic heterocycles. The average Bonchev–Trinajstić information content (AvgIpc) is 2.83. The molecule has 0 radical (unpaired) electrons. The number of carbonyl (C=O) groups is 1. The first-order valence-electron chi connectivity index (χ1n) is 4.73. The lowest BCUT2D eigenvalue weighted by molar-refractivity contribution is 0.0296. The molecule has 2 rings (SSSR count). The van der Waals surface area contributed by atoms with Gasteiger partial charge in [-0.3, -0.25) is 4.79 Å². The normalized spacial score (nSPS) is 30.4. The van der Waals surface area contributed by atoms with Crippen LogP contribution in [0.15, 0.2) is 10.9 Å². The van der Waals surface area contributed by atoms with E-state index in [1.54, 1.807) is 10.9 Å². The van der Waals surface area contributed by atoms with Crippen molar-refractivity contribution in [2.75, 3.05) is 0 Å². The Bertz CT molecular complexity index is 341. The highest BCUT2D eigenvalue weighted by Gasteiger charge is 2.34. The second-order valence-electron chi connectivity index (χ2n) is 3.59. The number of nitrogens with one attached hydrogen (secondary N) is 1. The number of rotatable bonds is 2. The summed E-state index contributed by atoms with van der Waals surface area (Å²) < 4.78 is 0. The van der Waals surface area contributed by atoms with Gasteiger partial charge in [0.2, 0.25) is 0 Å². The Morgan fingerprint density at radius 1 is 1.53 bits per heavy atom. The first kappa shape index (κ1) is 10.5. The molecule has 0 aliphatic heterocycles. The summed E-state index contributed by atoms with van der Waals surface area (Å²) in [6.45, 7) is 0. The van der Waals surface area contributed by atoms with Crippen molar-refractivity contribution >= 4 is 17.2 Å². The molecule has 1 aromatic rings. The SMILES string of the molecule is O=C(N[C@@H]1CC[C@@H](O)[C@@H]1O)c1cscn1. The van der Waals surface area contributed by atoms with Gasteiger partial charge in [0.25, 0.3) is 5.91 Å². The van der Waals surface area contributed by atoms with Crippen LogP contribution < -0.4 is 5.32 Å². The fraction of sp³-hybridized carbons (Fsp3) is 0.556. The maximum atomic E-state index is 11.6. The van der Waals surface area contributed by atoms with Crippen LogP contribution >= 0.6 is 11.3 Å². The molecule has 0 bridgehead atoms. The Kier molecular flexibility index (Phi) is 2.99. The molecule has 15 heavy (non-hydrogen) atoms. The van der Waals surface area contributed by atoms with E-state index >= 15 is 0 Å². The minimum absolute atomic E-state index is 0.297. The van der Waals surface area contributed by atoms with E-state index < -0.39 is 12.2 Å². The molecule has 1 saturated carbocycles. The van der Waals surface area contributed by atoms with Gasteiger partial charge in [-0.25, -0.2) is 4.98 Å². The predicted molar refractivity (Wildman–Crippen MR) is 54.6 cm³/mol. The number of aliphatic hydroxyl groups is 2. The van der Waals surface area contributed by atoms with Crippen molar-refractivity contribution in [2.24, 2.45) is 0 Å². The summed E-state index contributed by atoms with van der Waals surface area (Å²) in [6, 6.07) is -0.366. The van der Waals surface area contributed by atoms with Crippen molar-refractivity contribution < 1.29 is 15.0 Å². The highest BCUT2D eigenvalue weighted by atomic mass is 32.1. The van der Waals surface area contributed by atoms with Crippen molar-refractivity contribution in [3.63, 3.8) is 0 Å². The third-order valence-corrected chi connectivity index (χ3v) is 3.15. The third kappa shape index (κ3) is 2.17. The molecule has 0 spiro atoms. The second kappa shape index (κ2) is 4.26. The smallest absolute Gasteiger partial charge is 0.271 e. The third-order valence-electron chi connectivity index (χ3n) is 2.56. The number of amides is 1. The molecule has 0 saturated heterocycles. The number of carbonyl (C=O) groups excluding carboxylic acids is 1. The van der Waals surface area contributed by atoms with Gasteiger partial charge in [-0.1, -0.05) is 0 Å². The van der Waals surface area contributed by atoms with Gasteiger partial charge in [0.15, 0.2) is 0 Å². The molecule has 1 aliphatic rings. The minimum atomic E-state index is -0.868. The van der Waals surface area contributed by atoms with Crippen molar-refractivity contribution in [2.45, 2.75) is 31.1 Å². The van der Waals surface area contributed by atoms with Gasteiger partial charge in [0.05, 0.1) is 17.7 Å². The Morgan fingerprint density at radius 3 is 2.87 bits per heavy atom. The molecule has 3 atom stereocenters. The number of nitrogens with zero attached hydrogens (tertiary/aromatic N) is 1. The van der Waals surface area contributed by atoms with Crippen molar-refractivity contribution in [1.29, 1.82) is 0 Å². The van der Waals surface area contributed by atoms with Crippen LogP contribution in [0.2, 0.25) is 0 Å². The summed E-state index contributed by atoms with van der Waals surface area (Å²) in [4.78, 5) is 15.4. The fourth-order valence-electron chi connectivity index (χ4n) is 1.68. The first-order valence-corrected chi connectivity index (χ1v) is 5.68. The summed E-state index contributed by atoms with van der Waals surface area (Å²) in [7, 11) is 0. The molecule has 0 aromatic carbocycles. The molecular weight excluding hydrogens is 216 g/mol. The van der Waals surface area contributed by atoms with Gasteiger partial charge in [0.1, 0.15) is 11.8 Å². The Morgan fingerprint density at radius 2 is 2.33 bits per heavy atom. The van der Waals surface area contributed by atoms with E-state index in [2.05, 4.69) is 10.3 Å². The Balaban J connectivity index is 1.95. The lowest BCUT2D eigenvalue weighted by atomic mass is 10.2. The first-order chi connectivity index (χ1) is 7.18. The zero-order chi connectivity index (χ0) is 10.8. The zero-order valence-electron chi connectivity index (χ0n) is 7.96. The lowest BCUT2D eigenvalue weighted by Gasteiger charge is -2.17. The van der Waals surface area contributed by atoms with Crippen molar-refractivity contribution in [3.8, 4) is 0 Å². The van der Waals surface area contributed by atoms with Crippen LogP contribution in [0.5, 0.6) is 0 Å². The van der Waals surface area contributed by atoms with E-state index in [9.17, 15) is 15.0 Å². The fourth-order valence-corrected chi connectivity index (χ4v) is 2.22. The van der Waals surface area contributed by atoms with Gasteiger partial charge < -0.3 is 15.5 Å². The number of thiazole rings is 1. The minimum Gasteiger partial charge on any atom is -0.390 e. The average molecular weight is 228 g/mol. The van der Waals surface area contributed by atoms with E-state index in [4.69, 9.17) is 0 Å². The molecule has 82 valence electrons. The molecule has 6 heteroatoms. The number of aromatic nitrogens is 1. The highest BCUT2D eigenvalue weighted by molar-refractivity contribution is 7.07. The van der Waals surface area contributed by atoms with Crippen LogP contribution in [0.1, 0.15) is 23.3 Å². The lowest BCUT2D eigenvalue weighted by Crippen LogP contribution is -2.43. The van der Waals surface area contributed by atoms with E-state index in [1.165, 1.54) is 11.3 Å². The number of hydrogen-bond acceptors (Lipinski definition) is 5. The molecule has 0 unspecified atom stereocenters. The monoisotopic (exact) mass is 228 g/mol. The van der Waals surface area contributed by atoms with Crippen LogP contribution in [-0.2, 0) is 0 Å². The van der Waals surface area contributed by atoms with E-state index in [1.807, 2.05) is 0 Å². The van der Waals surface area contributed by atoms with Crippen LogP contribution in [0.25, 0.3) is 0 Å². The maximum absolute atomic E-state index is 11.6. The molecule has 1 heterocycles. The van der Waals surface area contributed by atoms with E-state index in [-0.39, 0.29) is 11.9 Å². The molecule has 1 aliphatic carbocycles. The summed E-state index contributed by atoms with van der Waals surface area (Å²) in [5.41, 5.74) is 1.93. The molecule has 3 N–H and O–H groups in total. The maximum Gasteiger partial charge on any atom is 0.271 e. The topological polar surface area (TPSA) is 82.5 Å². The Labute approximate surface area is 90.8 Å². The van der Waals surface area contributed by atoms with Crippen molar-refractivity contribution in [1.82, 2.24) is 10.3 Å². The quantitative estimate of drug-likeness (QED) is 0.652. The van der Waals surface area contributed by atoms with Gasteiger partial charge in [-0.15, -0.1) is 11.3 Å². The molecular formula is C9H12N2O3S. The van der Waals surface area contributed by atoms with Gasteiger partial charge in [-0.2, -0.15) is 0 Å². The summed E-state index contributed by atoms with van der Waals surface area (Å²) in [6.07, 6.45) is -0.486. The van der Waals surface area contributed by atoms with Gasteiger partial charge in [0, 0.05) is 5.38 Å². The Hall–Kier alpha value is -0.980. The van der Waals surface area contributed by atoms with Crippen molar-refractivity contribution in [3.05, 3.63) is 16.6 Å². The second-order valence-corrected chi connectivity index (χ2v) is 4.31. The van der Waals surface area contributed by atoms with Gasteiger partial charge >= 0.3 is 0 Å². The zero-order valence-corrected chi connectivity index (χ0v) is 8.78. The summed E-state index contributed by atoms with van der Waals surface area (Å²) >= 11 is 1.34. The molecule has 1 fully saturated rings. The highest BCUT2D eigenvalue weighted by Crippen LogP contribution is 2.20. The standard InChI is InChI=1S/C9H12N2O3S/c12-7-2-1-5(8(7)13)11-9(14)6-3-15-4-10-6/h3-5,7-8,12-13H,1-2H2,(H,11,14)/t5-,7-,8-/m1/s1. The van der Waals surface area contributed by atoms with E-state index in [0.717, 1.165) is 0 Å². The number of hydrogen-bond donors (Lipinski definition) is 3. The van der Waals surface area contributed by atoms with Crippen LogP contribution in [0.4, 0.5) is 0 Å². The van der Waals surface area contributed by atoms with Crippen LogP contribution in [0.3, 0.4) is 0 Å². The summed E-state index contributed by atoms with van der Waals surface area (Å²) in [5.74, 6) is -0.297. The van der Waals surface area contributed by atoms with E-state index in [0.29, 0.717) is 18.5 Å². The largest absolute Gasteiger partial charge is 0.390 e. The molecule has 1 amide bonds. The summed E-state index contributed by atoms with van der Waals surface area (Å²) in [5, 5.41) is 23.1. The van der Waals surface area contributed by atoms with Crippen LogP contribution in [-0.4, -0.2) is 39.4 Å². The molecule has 5 nitrogen and oxygen atoms in total. The predicted octanol–water partition coefficient (Wildman–Crippen LogP) is -0.243. The number of aliphatic hydroxyl groups excluding tert-OH is 2. The van der Waals surface area contributed by atoms with Crippen LogP contribution in [0, 0.1) is 0 Å².